The molecule has 1 aliphatic rings. The van der Waals surface area contributed by atoms with E-state index in [-0.39, 0.29) is 22.3 Å². The number of aryl methyl sites for hydroxylation is 1. The molecule has 0 radical (unpaired) electrons. The molecule has 0 amide bonds. The third kappa shape index (κ3) is 2.77. The Morgan fingerprint density at radius 2 is 1.92 bits per heavy atom. The number of non-ortho nitro benzene ring substituents is 1. The fraction of sp³-hybridized carbons (Fsp3) is 0.278. The van der Waals surface area contributed by atoms with Gasteiger partial charge in [-0.2, -0.15) is 0 Å². The maximum atomic E-state index is 13.0. The van der Waals surface area contributed by atoms with Crippen molar-refractivity contribution in [3.05, 3.63) is 73.2 Å². The van der Waals surface area contributed by atoms with Gasteiger partial charge in [-0.15, -0.1) is 0 Å². The molecule has 0 aliphatic heterocycles. The lowest BCUT2D eigenvalue weighted by Crippen LogP contribution is -2.37. The van der Waals surface area contributed by atoms with Gasteiger partial charge in [-0.1, -0.05) is 47.5 Å². The van der Waals surface area contributed by atoms with Crippen LogP contribution in [0.4, 0.5) is 5.69 Å². The smallest absolute Gasteiger partial charge is 0.321 e. The molecule has 1 atom stereocenters. The first kappa shape index (κ1) is 17.7. The molecule has 0 aromatic heterocycles. The summed E-state index contributed by atoms with van der Waals surface area (Å²) < 4.78 is 5.34. The van der Waals surface area contributed by atoms with Gasteiger partial charge in [-0.25, -0.2) is 0 Å². The topological polar surface area (TPSA) is 69.4 Å². The highest BCUT2D eigenvalue weighted by molar-refractivity contribution is 6.37. The summed E-state index contributed by atoms with van der Waals surface area (Å²) in [6.45, 7) is 1.94. The fourth-order valence-electron chi connectivity index (χ4n) is 3.51. The van der Waals surface area contributed by atoms with Crippen LogP contribution in [-0.2, 0) is 21.4 Å². The van der Waals surface area contributed by atoms with Gasteiger partial charge in [-0.05, 0) is 30.9 Å². The molecule has 0 N–H and O–H groups in total. The van der Waals surface area contributed by atoms with Gasteiger partial charge in [0.15, 0.2) is 0 Å². The van der Waals surface area contributed by atoms with E-state index in [1.165, 1.54) is 12.1 Å². The van der Waals surface area contributed by atoms with Gasteiger partial charge >= 0.3 is 5.97 Å². The molecule has 0 heterocycles. The Kier molecular flexibility index (Phi) is 4.71. The minimum atomic E-state index is -1.16. The first-order chi connectivity index (χ1) is 11.9. The molecule has 0 spiro atoms. The van der Waals surface area contributed by atoms with Crippen LogP contribution in [0.1, 0.15) is 30.0 Å². The number of ether oxygens (including phenoxy) is 1. The van der Waals surface area contributed by atoms with Crippen molar-refractivity contribution < 1.29 is 14.5 Å². The van der Waals surface area contributed by atoms with E-state index in [1.807, 2.05) is 24.3 Å². The number of rotatable bonds is 4. The maximum Gasteiger partial charge on any atom is 0.321 e. The van der Waals surface area contributed by atoms with E-state index in [2.05, 4.69) is 0 Å². The number of carbonyl (C=O) groups is 1. The molecule has 25 heavy (non-hydrogen) atoms. The van der Waals surface area contributed by atoms with Crippen molar-refractivity contribution in [3.8, 4) is 0 Å². The molecular formula is C18H15Cl2NO4. The Bertz CT molecular complexity index is 845. The summed E-state index contributed by atoms with van der Waals surface area (Å²) in [5.74, 6) is -0.447. The molecule has 5 nitrogen and oxygen atoms in total. The lowest BCUT2D eigenvalue weighted by Gasteiger charge is -2.30. The van der Waals surface area contributed by atoms with Crippen molar-refractivity contribution in [2.45, 2.75) is 25.2 Å². The van der Waals surface area contributed by atoms with Crippen molar-refractivity contribution in [1.29, 1.82) is 0 Å². The Morgan fingerprint density at radius 3 is 2.52 bits per heavy atom. The van der Waals surface area contributed by atoms with E-state index in [1.54, 1.807) is 6.92 Å². The van der Waals surface area contributed by atoms with E-state index in [9.17, 15) is 14.9 Å². The van der Waals surface area contributed by atoms with Crippen LogP contribution in [0, 0.1) is 10.1 Å². The molecule has 2 aromatic rings. The zero-order valence-electron chi connectivity index (χ0n) is 13.4. The highest BCUT2D eigenvalue weighted by Gasteiger charge is 2.50. The summed E-state index contributed by atoms with van der Waals surface area (Å²) in [5, 5.41) is 11.2. The molecule has 1 aliphatic carbocycles. The van der Waals surface area contributed by atoms with Crippen molar-refractivity contribution in [3.63, 3.8) is 0 Å². The van der Waals surface area contributed by atoms with Crippen LogP contribution in [0.5, 0.6) is 0 Å². The van der Waals surface area contributed by atoms with Gasteiger partial charge in [0.05, 0.1) is 21.6 Å². The SMILES string of the molecule is CCOC(=O)C1(c2c(Cl)cc([N+](=O)[O-])cc2Cl)CCc2ccccc21. The molecule has 7 heteroatoms. The van der Waals surface area contributed by atoms with Gasteiger partial charge in [0.2, 0.25) is 0 Å². The Hall–Kier alpha value is -2.11. The van der Waals surface area contributed by atoms with Crippen LogP contribution in [0.15, 0.2) is 36.4 Å². The van der Waals surface area contributed by atoms with Crippen LogP contribution < -0.4 is 0 Å². The lowest BCUT2D eigenvalue weighted by atomic mass is 9.75. The Labute approximate surface area is 154 Å². The van der Waals surface area contributed by atoms with Gasteiger partial charge in [-0.3, -0.25) is 14.9 Å². The fourth-order valence-corrected chi connectivity index (χ4v) is 4.31. The van der Waals surface area contributed by atoms with Crippen molar-refractivity contribution in [2.24, 2.45) is 0 Å². The first-order valence-electron chi connectivity index (χ1n) is 7.81. The van der Waals surface area contributed by atoms with E-state index >= 15 is 0 Å². The summed E-state index contributed by atoms with van der Waals surface area (Å²) >= 11 is 12.7. The van der Waals surface area contributed by atoms with Gasteiger partial charge < -0.3 is 4.74 Å². The standard InChI is InChI=1S/C18H15Cl2NO4/c1-2-25-17(22)18(8-7-11-5-3-4-6-13(11)18)16-14(19)9-12(21(23)24)10-15(16)20/h3-6,9-10H,2,7-8H2,1H3. The molecule has 1 unspecified atom stereocenters. The second kappa shape index (κ2) is 6.65. The Morgan fingerprint density at radius 1 is 1.28 bits per heavy atom. The van der Waals surface area contributed by atoms with Crippen molar-refractivity contribution in [1.82, 2.24) is 0 Å². The van der Waals surface area contributed by atoms with Crippen LogP contribution >= 0.6 is 23.2 Å². The summed E-state index contributed by atoms with van der Waals surface area (Å²) in [7, 11) is 0. The monoisotopic (exact) mass is 379 g/mol. The summed E-state index contributed by atoms with van der Waals surface area (Å²) in [6, 6.07) is 10.00. The van der Waals surface area contributed by atoms with Crippen LogP contribution in [-0.4, -0.2) is 17.5 Å². The third-order valence-electron chi connectivity index (χ3n) is 4.53. The van der Waals surface area contributed by atoms with Crippen LogP contribution in [0.3, 0.4) is 0 Å². The molecule has 0 bridgehead atoms. The van der Waals surface area contributed by atoms with E-state index in [0.29, 0.717) is 18.4 Å². The number of nitro benzene ring substituents is 1. The number of benzene rings is 2. The molecule has 0 saturated carbocycles. The maximum absolute atomic E-state index is 13.0. The predicted octanol–water partition coefficient (Wildman–Crippen LogP) is 4.70. The summed E-state index contributed by atoms with van der Waals surface area (Å²) in [6.07, 6.45) is 1.11. The number of esters is 1. The highest BCUT2D eigenvalue weighted by atomic mass is 35.5. The average molecular weight is 380 g/mol. The van der Waals surface area contributed by atoms with Gasteiger partial charge in [0.1, 0.15) is 5.41 Å². The summed E-state index contributed by atoms with van der Waals surface area (Å²) in [4.78, 5) is 23.5. The minimum Gasteiger partial charge on any atom is -0.465 e. The lowest BCUT2D eigenvalue weighted by molar-refractivity contribution is -0.384. The number of nitrogens with zero attached hydrogens (tertiary/aromatic N) is 1. The zero-order valence-corrected chi connectivity index (χ0v) is 14.9. The molecular weight excluding hydrogens is 365 g/mol. The third-order valence-corrected chi connectivity index (χ3v) is 5.13. The number of fused-ring (bicyclic) bond motifs is 1. The number of hydrogen-bond donors (Lipinski definition) is 0. The van der Waals surface area contributed by atoms with E-state index < -0.39 is 16.3 Å². The van der Waals surface area contributed by atoms with E-state index in [4.69, 9.17) is 27.9 Å². The minimum absolute atomic E-state index is 0.0870. The van der Waals surface area contributed by atoms with Crippen molar-refractivity contribution in [2.75, 3.05) is 6.61 Å². The Balaban J connectivity index is 2.29. The first-order valence-corrected chi connectivity index (χ1v) is 8.57. The summed E-state index contributed by atoms with van der Waals surface area (Å²) in [5.41, 5.74) is 0.789. The molecule has 0 fully saturated rings. The zero-order chi connectivity index (χ0) is 18.2. The number of carbonyl (C=O) groups excluding carboxylic acids is 1. The number of halogens is 2. The van der Waals surface area contributed by atoms with Gasteiger partial charge in [0.25, 0.3) is 5.69 Å². The van der Waals surface area contributed by atoms with Crippen molar-refractivity contribution >= 4 is 34.9 Å². The quantitative estimate of drug-likeness (QED) is 0.438. The van der Waals surface area contributed by atoms with Crippen LogP contribution in [0.2, 0.25) is 10.0 Å². The van der Waals surface area contributed by atoms with Gasteiger partial charge in [0, 0.05) is 17.7 Å². The molecule has 2 aromatic carbocycles. The average Bonchev–Trinajstić information content (AvgIpc) is 2.95. The number of nitro groups is 1. The largest absolute Gasteiger partial charge is 0.465 e. The predicted molar refractivity (Wildman–Crippen MR) is 95.3 cm³/mol. The highest BCUT2D eigenvalue weighted by Crippen LogP contribution is 2.50. The molecule has 0 saturated heterocycles. The molecule has 130 valence electrons. The molecule has 3 rings (SSSR count). The second-order valence-electron chi connectivity index (χ2n) is 5.82. The number of hydrogen-bond acceptors (Lipinski definition) is 4. The van der Waals surface area contributed by atoms with Crippen LogP contribution in [0.25, 0.3) is 0 Å². The second-order valence-corrected chi connectivity index (χ2v) is 6.64. The normalized spacial score (nSPS) is 18.7. The van der Waals surface area contributed by atoms with E-state index in [0.717, 1.165) is 11.1 Å².